The van der Waals surface area contributed by atoms with E-state index in [4.69, 9.17) is 0 Å². The van der Waals surface area contributed by atoms with Gasteiger partial charge in [0.25, 0.3) is 0 Å². The van der Waals surface area contributed by atoms with Gasteiger partial charge in [-0.05, 0) is 67.1 Å². The zero-order valence-corrected chi connectivity index (χ0v) is 13.8. The smallest absolute Gasteiger partial charge is 0.202 e. The van der Waals surface area contributed by atoms with Crippen LogP contribution in [0, 0.1) is 29.4 Å². The predicted molar refractivity (Wildman–Crippen MR) is 91.6 cm³/mol. The Labute approximate surface area is 144 Å². The fraction of sp³-hybridized carbons (Fsp3) is 0.333. The first kappa shape index (κ1) is 17.5. The molecule has 4 heteroatoms. The second-order valence-corrected chi connectivity index (χ2v) is 6.47. The summed E-state index contributed by atoms with van der Waals surface area (Å²) in [5.41, 5.74) is -1.72. The molecular weight excluding hydrogens is 328 g/mol. The van der Waals surface area contributed by atoms with Gasteiger partial charge in [-0.1, -0.05) is 30.1 Å². The van der Waals surface area contributed by atoms with Gasteiger partial charge in [0, 0.05) is 5.56 Å². The molecule has 0 amide bonds. The van der Waals surface area contributed by atoms with Gasteiger partial charge in [-0.25, -0.2) is 17.6 Å². The monoisotopic (exact) mass is 346 g/mol. The molecule has 2 aromatic carbocycles. The van der Waals surface area contributed by atoms with Crippen molar-refractivity contribution in [2.45, 2.75) is 38.0 Å². The molecule has 1 saturated carbocycles. The van der Waals surface area contributed by atoms with Gasteiger partial charge in [-0.15, -0.1) is 0 Å². The van der Waals surface area contributed by atoms with Crippen molar-refractivity contribution in [1.29, 1.82) is 0 Å². The molecule has 0 radical (unpaired) electrons. The first-order valence-corrected chi connectivity index (χ1v) is 8.29. The average Bonchev–Trinajstić information content (AvgIpc) is 2.58. The summed E-state index contributed by atoms with van der Waals surface area (Å²) >= 11 is 0. The van der Waals surface area contributed by atoms with Gasteiger partial charge in [0.1, 0.15) is 6.17 Å². The molecule has 3 unspecified atom stereocenters. The Balaban J connectivity index is 1.85. The highest BCUT2D eigenvalue weighted by Gasteiger charge is 2.42. The Morgan fingerprint density at radius 1 is 1.12 bits per heavy atom. The number of allylic oxidation sites excluding steroid dienone is 2. The van der Waals surface area contributed by atoms with Crippen LogP contribution in [0.25, 0.3) is 10.8 Å². The number of hydrogen-bond acceptors (Lipinski definition) is 0. The summed E-state index contributed by atoms with van der Waals surface area (Å²) in [4.78, 5) is 0. The third kappa shape index (κ3) is 3.71. The Morgan fingerprint density at radius 3 is 2.52 bits per heavy atom. The van der Waals surface area contributed by atoms with Crippen LogP contribution in [0.2, 0.25) is 0 Å². The van der Waals surface area contributed by atoms with Gasteiger partial charge in [-0.3, -0.25) is 0 Å². The Kier molecular flexibility index (Phi) is 4.85. The van der Waals surface area contributed by atoms with E-state index in [0.717, 1.165) is 12.1 Å². The van der Waals surface area contributed by atoms with Crippen molar-refractivity contribution in [3.63, 3.8) is 0 Å². The first-order valence-electron chi connectivity index (χ1n) is 8.29. The molecule has 2 aromatic rings. The van der Waals surface area contributed by atoms with Crippen LogP contribution < -0.4 is 0 Å². The Morgan fingerprint density at radius 2 is 1.84 bits per heavy atom. The molecule has 1 aliphatic rings. The van der Waals surface area contributed by atoms with E-state index in [9.17, 15) is 17.6 Å². The van der Waals surface area contributed by atoms with E-state index in [2.05, 4.69) is 11.8 Å². The fourth-order valence-corrected chi connectivity index (χ4v) is 3.21. The zero-order chi connectivity index (χ0) is 18.0. The Bertz CT molecular complexity index is 875. The number of rotatable bonds is 1. The summed E-state index contributed by atoms with van der Waals surface area (Å²) in [6.45, 7) is 1.86. The van der Waals surface area contributed by atoms with Crippen molar-refractivity contribution in [3.05, 3.63) is 59.7 Å². The van der Waals surface area contributed by atoms with Crippen molar-refractivity contribution in [3.8, 4) is 11.8 Å². The fourth-order valence-electron chi connectivity index (χ4n) is 3.21. The van der Waals surface area contributed by atoms with Gasteiger partial charge in [-0.2, -0.15) is 0 Å². The van der Waals surface area contributed by atoms with Crippen LogP contribution in [-0.4, -0.2) is 11.8 Å². The van der Waals surface area contributed by atoms with Crippen LogP contribution in [0.15, 0.2) is 42.5 Å². The molecule has 3 atom stereocenters. The maximum absolute atomic E-state index is 14.8. The first-order chi connectivity index (χ1) is 11.9. The van der Waals surface area contributed by atoms with Crippen LogP contribution in [0.4, 0.5) is 17.6 Å². The summed E-state index contributed by atoms with van der Waals surface area (Å²) in [6.07, 6.45) is 2.84. The third-order valence-corrected chi connectivity index (χ3v) is 4.64. The van der Waals surface area contributed by atoms with Crippen LogP contribution in [0.1, 0.15) is 31.7 Å². The number of alkyl halides is 2. The van der Waals surface area contributed by atoms with E-state index < -0.39 is 23.5 Å². The van der Waals surface area contributed by atoms with Crippen LogP contribution in [0.3, 0.4) is 0 Å². The minimum atomic E-state index is -2.17. The maximum atomic E-state index is 14.8. The Hall–Kier alpha value is -2.28. The van der Waals surface area contributed by atoms with E-state index in [1.54, 1.807) is 18.2 Å². The highest BCUT2D eigenvalue weighted by Crippen LogP contribution is 2.37. The largest absolute Gasteiger partial charge is 0.243 e. The van der Waals surface area contributed by atoms with Crippen molar-refractivity contribution in [1.82, 2.24) is 0 Å². The molecule has 0 heterocycles. The zero-order valence-electron chi connectivity index (χ0n) is 13.8. The number of hydrogen-bond donors (Lipinski definition) is 0. The average molecular weight is 346 g/mol. The molecule has 1 aliphatic carbocycles. The SMILES string of the molecule is C/C=C/C1CCC(F)(C#Cc2ccc3cc(F)c(F)cc3c2)C(F)C1. The molecule has 25 heavy (non-hydrogen) atoms. The molecule has 0 aliphatic heterocycles. The highest BCUT2D eigenvalue weighted by molar-refractivity contribution is 5.84. The third-order valence-electron chi connectivity index (χ3n) is 4.64. The van der Waals surface area contributed by atoms with E-state index in [1.807, 2.05) is 19.1 Å². The van der Waals surface area contributed by atoms with E-state index in [0.29, 0.717) is 22.8 Å². The van der Waals surface area contributed by atoms with Gasteiger partial charge in [0.2, 0.25) is 5.67 Å². The molecule has 0 spiro atoms. The van der Waals surface area contributed by atoms with Crippen molar-refractivity contribution in [2.75, 3.05) is 0 Å². The minimum absolute atomic E-state index is 0.0452. The lowest BCUT2D eigenvalue weighted by Crippen LogP contribution is -2.39. The lowest BCUT2D eigenvalue weighted by atomic mass is 9.78. The van der Waals surface area contributed by atoms with Crippen LogP contribution >= 0.6 is 0 Å². The molecule has 0 nitrogen and oxygen atoms in total. The number of halogens is 4. The van der Waals surface area contributed by atoms with Gasteiger partial charge in [0.15, 0.2) is 11.6 Å². The summed E-state index contributed by atoms with van der Waals surface area (Å²) < 4.78 is 55.6. The quantitative estimate of drug-likeness (QED) is 0.343. The second-order valence-electron chi connectivity index (χ2n) is 6.47. The van der Waals surface area contributed by atoms with Gasteiger partial charge >= 0.3 is 0 Å². The summed E-state index contributed by atoms with van der Waals surface area (Å²) in [5.74, 6) is 3.26. The van der Waals surface area contributed by atoms with Crippen LogP contribution in [0.5, 0.6) is 0 Å². The molecule has 0 saturated heterocycles. The molecule has 0 bridgehead atoms. The minimum Gasteiger partial charge on any atom is -0.243 e. The highest BCUT2D eigenvalue weighted by atomic mass is 19.2. The molecule has 0 N–H and O–H groups in total. The lowest BCUT2D eigenvalue weighted by Gasteiger charge is -2.32. The lowest BCUT2D eigenvalue weighted by molar-refractivity contribution is 0.0477. The molecule has 130 valence electrons. The maximum Gasteiger partial charge on any atom is 0.202 e. The van der Waals surface area contributed by atoms with E-state index in [1.165, 1.54) is 0 Å². The van der Waals surface area contributed by atoms with Crippen molar-refractivity contribution < 1.29 is 17.6 Å². The summed E-state index contributed by atoms with van der Waals surface area (Å²) in [7, 11) is 0. The summed E-state index contributed by atoms with van der Waals surface area (Å²) in [5, 5.41) is 0.988. The topological polar surface area (TPSA) is 0 Å². The van der Waals surface area contributed by atoms with Crippen LogP contribution in [-0.2, 0) is 0 Å². The van der Waals surface area contributed by atoms with Crippen molar-refractivity contribution >= 4 is 10.8 Å². The number of benzene rings is 2. The number of fused-ring (bicyclic) bond motifs is 1. The van der Waals surface area contributed by atoms with E-state index >= 15 is 0 Å². The molecule has 3 rings (SSSR count). The standard InChI is InChI=1S/C21H18F4/c1-2-3-14-6-8-21(25,20(24)11-14)9-7-15-4-5-16-12-18(22)19(23)13-17(16)10-15/h2-5,10,12-14,20H,6,8,11H2,1H3/b3-2+. The molecular formula is C21H18F4. The summed E-state index contributed by atoms with van der Waals surface area (Å²) in [6, 6.07) is 6.89. The normalized spacial score (nSPS) is 26.6. The predicted octanol–water partition coefficient (Wildman–Crippen LogP) is 5.89. The molecule has 1 fully saturated rings. The second kappa shape index (κ2) is 6.92. The van der Waals surface area contributed by atoms with Gasteiger partial charge in [0.05, 0.1) is 0 Å². The van der Waals surface area contributed by atoms with Gasteiger partial charge < -0.3 is 0 Å². The van der Waals surface area contributed by atoms with Crippen molar-refractivity contribution in [2.24, 2.45) is 5.92 Å². The van der Waals surface area contributed by atoms with E-state index in [-0.39, 0.29) is 18.8 Å². The molecule has 0 aromatic heterocycles.